The smallest absolute Gasteiger partial charge is 0.162 e. The third-order valence-corrected chi connectivity index (χ3v) is 1.84. The van der Waals surface area contributed by atoms with Crippen molar-refractivity contribution in [1.82, 2.24) is 0 Å². The molecule has 0 aromatic heterocycles. The molecule has 3 nitrogen and oxygen atoms in total. The second-order valence-corrected chi connectivity index (χ2v) is 4.97. The van der Waals surface area contributed by atoms with Crippen molar-refractivity contribution in [2.45, 2.75) is 39.5 Å². The van der Waals surface area contributed by atoms with Crippen LogP contribution < -0.4 is 5.73 Å². The first-order chi connectivity index (χ1) is 5.31. The predicted molar refractivity (Wildman–Crippen MR) is 47.7 cm³/mol. The van der Waals surface area contributed by atoms with Crippen LogP contribution in [0.4, 0.5) is 0 Å². The van der Waals surface area contributed by atoms with Crippen molar-refractivity contribution in [2.75, 3.05) is 13.2 Å². The quantitative estimate of drug-likeness (QED) is 0.597. The lowest BCUT2D eigenvalue weighted by molar-refractivity contribution is -0.244. The summed E-state index contributed by atoms with van der Waals surface area (Å²) in [5.41, 5.74) is 5.55. The van der Waals surface area contributed by atoms with Crippen LogP contribution in [0.25, 0.3) is 0 Å². The van der Waals surface area contributed by atoms with Gasteiger partial charge in [-0.15, -0.1) is 0 Å². The van der Waals surface area contributed by atoms with E-state index in [-0.39, 0.29) is 17.2 Å². The molecule has 0 spiro atoms. The van der Waals surface area contributed by atoms with E-state index in [0.29, 0.717) is 13.2 Å². The van der Waals surface area contributed by atoms with E-state index < -0.39 is 0 Å². The molecule has 0 aromatic rings. The van der Waals surface area contributed by atoms with Crippen molar-refractivity contribution in [3.05, 3.63) is 0 Å². The van der Waals surface area contributed by atoms with Crippen LogP contribution in [0, 0.1) is 5.41 Å². The van der Waals surface area contributed by atoms with Crippen LogP contribution in [-0.2, 0) is 9.47 Å². The summed E-state index contributed by atoms with van der Waals surface area (Å²) >= 11 is 0. The first-order valence-electron chi connectivity index (χ1n) is 4.33. The molecule has 72 valence electrons. The summed E-state index contributed by atoms with van der Waals surface area (Å²) < 4.78 is 11.0. The zero-order valence-corrected chi connectivity index (χ0v) is 8.39. The van der Waals surface area contributed by atoms with Crippen LogP contribution in [-0.4, -0.2) is 25.0 Å². The summed E-state index contributed by atoms with van der Waals surface area (Å²) in [6.07, 6.45) is -0.117. The Bertz CT molecular complexity index is 150. The first kappa shape index (κ1) is 9.96. The van der Waals surface area contributed by atoms with Gasteiger partial charge >= 0.3 is 0 Å². The molecule has 0 atom stereocenters. The molecule has 1 heterocycles. The van der Waals surface area contributed by atoms with Crippen molar-refractivity contribution in [2.24, 2.45) is 11.1 Å². The van der Waals surface area contributed by atoms with Gasteiger partial charge in [-0.1, -0.05) is 20.8 Å². The van der Waals surface area contributed by atoms with Gasteiger partial charge in [0.1, 0.15) is 0 Å². The third kappa shape index (κ3) is 2.44. The molecule has 1 aliphatic rings. The molecular weight excluding hydrogens is 154 g/mol. The van der Waals surface area contributed by atoms with E-state index in [1.807, 2.05) is 6.92 Å². The normalized spacial score (nSPS) is 38.2. The maximum atomic E-state index is 5.83. The van der Waals surface area contributed by atoms with Gasteiger partial charge in [0.2, 0.25) is 0 Å². The Hall–Kier alpha value is -0.120. The van der Waals surface area contributed by atoms with Crippen molar-refractivity contribution < 1.29 is 9.47 Å². The van der Waals surface area contributed by atoms with Gasteiger partial charge in [-0.3, -0.25) is 0 Å². The molecule has 1 aliphatic heterocycles. The minimum atomic E-state index is -0.318. The molecule has 1 saturated heterocycles. The van der Waals surface area contributed by atoms with Crippen LogP contribution in [0.15, 0.2) is 0 Å². The van der Waals surface area contributed by atoms with Gasteiger partial charge in [-0.25, -0.2) is 0 Å². The molecule has 12 heavy (non-hydrogen) atoms. The van der Waals surface area contributed by atoms with Gasteiger partial charge in [0, 0.05) is 5.41 Å². The van der Waals surface area contributed by atoms with Crippen molar-refractivity contribution in [3.8, 4) is 0 Å². The summed E-state index contributed by atoms with van der Waals surface area (Å²) in [4.78, 5) is 0. The van der Waals surface area contributed by atoms with E-state index >= 15 is 0 Å². The van der Waals surface area contributed by atoms with Gasteiger partial charge in [0.05, 0.1) is 18.8 Å². The second kappa shape index (κ2) is 2.98. The molecule has 1 fully saturated rings. The molecule has 2 N–H and O–H groups in total. The molecule has 0 unspecified atom stereocenters. The molecule has 0 radical (unpaired) electrons. The summed E-state index contributed by atoms with van der Waals surface area (Å²) in [7, 11) is 0. The average Bonchev–Trinajstić information content (AvgIpc) is 1.83. The van der Waals surface area contributed by atoms with Crippen LogP contribution in [0.2, 0.25) is 0 Å². The van der Waals surface area contributed by atoms with E-state index in [9.17, 15) is 0 Å². The second-order valence-electron chi connectivity index (χ2n) is 4.97. The number of nitrogens with two attached hydrogens (primary N) is 1. The van der Waals surface area contributed by atoms with E-state index in [1.54, 1.807) is 0 Å². The van der Waals surface area contributed by atoms with Crippen molar-refractivity contribution >= 4 is 0 Å². The fraction of sp³-hybridized carbons (Fsp3) is 1.00. The minimum absolute atomic E-state index is 0.0382. The molecular formula is C9H19NO2. The fourth-order valence-corrected chi connectivity index (χ4v) is 1.12. The zero-order chi connectivity index (χ0) is 9.41. The SMILES string of the molecule is CC1(N)COC(C(C)(C)C)OC1. The molecule has 0 aliphatic carbocycles. The van der Waals surface area contributed by atoms with E-state index in [1.165, 1.54) is 0 Å². The van der Waals surface area contributed by atoms with E-state index in [0.717, 1.165) is 0 Å². The van der Waals surface area contributed by atoms with Gasteiger partial charge in [-0.2, -0.15) is 0 Å². The predicted octanol–water partition coefficient (Wildman–Crippen LogP) is 1.12. The topological polar surface area (TPSA) is 44.5 Å². The molecule has 0 amide bonds. The van der Waals surface area contributed by atoms with Gasteiger partial charge in [-0.05, 0) is 6.92 Å². The lowest BCUT2D eigenvalue weighted by Gasteiger charge is -2.40. The molecule has 1 rings (SSSR count). The van der Waals surface area contributed by atoms with Crippen LogP contribution in [0.3, 0.4) is 0 Å². The van der Waals surface area contributed by atoms with E-state index in [2.05, 4.69) is 20.8 Å². The Morgan fingerprint density at radius 2 is 1.67 bits per heavy atom. The maximum Gasteiger partial charge on any atom is 0.162 e. The zero-order valence-electron chi connectivity index (χ0n) is 8.39. The molecule has 0 bridgehead atoms. The van der Waals surface area contributed by atoms with Crippen LogP contribution in [0.1, 0.15) is 27.7 Å². The Morgan fingerprint density at radius 3 is 2.00 bits per heavy atom. The summed E-state index contributed by atoms with van der Waals surface area (Å²) in [5, 5.41) is 0. The third-order valence-electron chi connectivity index (χ3n) is 1.84. The van der Waals surface area contributed by atoms with Gasteiger partial charge < -0.3 is 15.2 Å². The molecule has 0 aromatic carbocycles. The molecule has 3 heteroatoms. The van der Waals surface area contributed by atoms with E-state index in [4.69, 9.17) is 15.2 Å². The Balaban J connectivity index is 2.47. The molecule has 0 saturated carbocycles. The van der Waals surface area contributed by atoms with Gasteiger partial charge in [0.15, 0.2) is 6.29 Å². The lowest BCUT2D eigenvalue weighted by Crippen LogP contribution is -2.54. The highest BCUT2D eigenvalue weighted by atomic mass is 16.7. The summed E-state index contributed by atoms with van der Waals surface area (Å²) in [5.74, 6) is 0. The monoisotopic (exact) mass is 173 g/mol. The average molecular weight is 173 g/mol. The Morgan fingerprint density at radius 1 is 1.25 bits per heavy atom. The van der Waals surface area contributed by atoms with Crippen molar-refractivity contribution in [1.29, 1.82) is 0 Å². The highest BCUT2D eigenvalue weighted by Gasteiger charge is 2.35. The van der Waals surface area contributed by atoms with Crippen LogP contribution in [0.5, 0.6) is 0 Å². The largest absolute Gasteiger partial charge is 0.350 e. The van der Waals surface area contributed by atoms with Crippen molar-refractivity contribution in [3.63, 3.8) is 0 Å². The Kier molecular flexibility index (Phi) is 2.47. The van der Waals surface area contributed by atoms with Gasteiger partial charge in [0.25, 0.3) is 0 Å². The maximum absolute atomic E-state index is 5.83. The summed E-state index contributed by atoms with van der Waals surface area (Å²) in [6.45, 7) is 9.38. The highest BCUT2D eigenvalue weighted by molar-refractivity contribution is 4.83. The number of rotatable bonds is 0. The number of hydrogen-bond acceptors (Lipinski definition) is 3. The standard InChI is InChI=1S/C9H19NO2/c1-8(2,3)7-11-5-9(4,10)6-12-7/h7H,5-6,10H2,1-4H3. The Labute approximate surface area is 74.2 Å². The first-order valence-corrected chi connectivity index (χ1v) is 4.33. The number of hydrogen-bond donors (Lipinski definition) is 1. The fourth-order valence-electron chi connectivity index (χ4n) is 1.12. The summed E-state index contributed by atoms with van der Waals surface area (Å²) in [6, 6.07) is 0. The lowest BCUT2D eigenvalue weighted by atomic mass is 9.94. The number of ether oxygens (including phenoxy) is 2. The van der Waals surface area contributed by atoms with Crippen LogP contribution >= 0.6 is 0 Å². The highest BCUT2D eigenvalue weighted by Crippen LogP contribution is 2.27. The minimum Gasteiger partial charge on any atom is -0.350 e.